The Morgan fingerprint density at radius 1 is 0.970 bits per heavy atom. The molecular formula is C28H32ClNO3. The van der Waals surface area contributed by atoms with Gasteiger partial charge in [0.05, 0.1) is 19.8 Å². The van der Waals surface area contributed by atoms with Crippen molar-refractivity contribution < 1.29 is 14.6 Å². The molecule has 0 aromatic heterocycles. The van der Waals surface area contributed by atoms with E-state index >= 15 is 0 Å². The maximum absolute atomic E-state index is 12.5. The summed E-state index contributed by atoms with van der Waals surface area (Å²) in [6.45, 7) is 6.45. The van der Waals surface area contributed by atoms with Gasteiger partial charge in [-0.2, -0.15) is 0 Å². The summed E-state index contributed by atoms with van der Waals surface area (Å²) in [4.78, 5) is 2.38. The van der Waals surface area contributed by atoms with Crippen molar-refractivity contribution in [3.05, 3.63) is 101 Å². The van der Waals surface area contributed by atoms with Gasteiger partial charge in [-0.1, -0.05) is 66.2 Å². The molecule has 33 heavy (non-hydrogen) atoms. The van der Waals surface area contributed by atoms with Crippen LogP contribution in [-0.4, -0.2) is 49.5 Å². The van der Waals surface area contributed by atoms with Crippen LogP contribution in [0, 0.1) is 0 Å². The smallest absolute Gasteiger partial charge is 0.119 e. The molecule has 1 saturated heterocycles. The average Bonchev–Trinajstić information content (AvgIpc) is 2.85. The minimum atomic E-state index is -1.13. The van der Waals surface area contributed by atoms with E-state index in [4.69, 9.17) is 21.1 Å². The predicted molar refractivity (Wildman–Crippen MR) is 133 cm³/mol. The topological polar surface area (TPSA) is 41.9 Å². The maximum Gasteiger partial charge on any atom is 0.119 e. The number of hydrogen-bond acceptors (Lipinski definition) is 4. The highest BCUT2D eigenvalue weighted by atomic mass is 35.5. The van der Waals surface area contributed by atoms with Gasteiger partial charge in [-0.15, -0.1) is 0 Å². The van der Waals surface area contributed by atoms with Crippen molar-refractivity contribution in [2.45, 2.75) is 24.9 Å². The van der Waals surface area contributed by atoms with Crippen molar-refractivity contribution in [1.29, 1.82) is 0 Å². The van der Waals surface area contributed by atoms with Crippen LogP contribution in [0.25, 0.3) is 0 Å². The van der Waals surface area contributed by atoms with Crippen LogP contribution in [0.2, 0.25) is 5.02 Å². The van der Waals surface area contributed by atoms with Crippen LogP contribution in [-0.2, 0) is 16.8 Å². The summed E-state index contributed by atoms with van der Waals surface area (Å²) in [6.07, 6.45) is 0.499. The Kier molecular flexibility index (Phi) is 8.05. The molecule has 1 aliphatic rings. The molecule has 4 rings (SSSR count). The molecule has 0 saturated carbocycles. The van der Waals surface area contributed by atoms with E-state index < -0.39 is 5.60 Å². The Morgan fingerprint density at radius 3 is 2.27 bits per heavy atom. The number of aliphatic hydroxyl groups is 1. The fourth-order valence-electron chi connectivity index (χ4n) is 4.61. The zero-order chi connectivity index (χ0) is 23.1. The number of morpholine rings is 1. The Morgan fingerprint density at radius 2 is 1.64 bits per heavy atom. The van der Waals surface area contributed by atoms with Crippen LogP contribution in [0.5, 0.6) is 5.75 Å². The van der Waals surface area contributed by atoms with Gasteiger partial charge in [-0.25, -0.2) is 0 Å². The molecule has 0 spiro atoms. The van der Waals surface area contributed by atoms with E-state index in [0.717, 1.165) is 42.1 Å². The first kappa shape index (κ1) is 23.8. The highest BCUT2D eigenvalue weighted by molar-refractivity contribution is 6.30. The van der Waals surface area contributed by atoms with E-state index in [1.165, 1.54) is 0 Å². The van der Waals surface area contributed by atoms with Gasteiger partial charge < -0.3 is 14.6 Å². The van der Waals surface area contributed by atoms with Crippen LogP contribution in [0.4, 0.5) is 0 Å². The summed E-state index contributed by atoms with van der Waals surface area (Å²) in [5.74, 6) is 0.644. The molecule has 1 N–H and O–H groups in total. The fraction of sp³-hybridized carbons (Fsp3) is 0.357. The minimum Gasteiger partial charge on any atom is -0.494 e. The molecule has 174 valence electrons. The molecule has 1 aliphatic heterocycles. The lowest BCUT2D eigenvalue weighted by Gasteiger charge is -2.41. The number of benzene rings is 3. The summed E-state index contributed by atoms with van der Waals surface area (Å²) in [5.41, 5.74) is 1.91. The van der Waals surface area contributed by atoms with Gasteiger partial charge in [-0.3, -0.25) is 4.90 Å². The molecule has 1 heterocycles. The molecule has 0 unspecified atom stereocenters. The van der Waals surface area contributed by atoms with Crippen LogP contribution in [0.3, 0.4) is 0 Å². The molecule has 0 radical (unpaired) electrons. The van der Waals surface area contributed by atoms with E-state index in [-0.39, 0.29) is 5.92 Å². The lowest BCUT2D eigenvalue weighted by atomic mass is 9.73. The van der Waals surface area contributed by atoms with Gasteiger partial charge in [0, 0.05) is 37.0 Å². The summed E-state index contributed by atoms with van der Waals surface area (Å²) in [6, 6.07) is 26.0. The van der Waals surface area contributed by atoms with Crippen molar-refractivity contribution in [3.8, 4) is 5.75 Å². The summed E-state index contributed by atoms with van der Waals surface area (Å²) in [5, 5.41) is 13.2. The highest BCUT2D eigenvalue weighted by Gasteiger charge is 2.40. The van der Waals surface area contributed by atoms with Crippen molar-refractivity contribution >= 4 is 11.6 Å². The Bertz CT molecular complexity index is 988. The average molecular weight is 466 g/mol. The fourth-order valence-corrected chi connectivity index (χ4v) is 4.74. The molecule has 0 bridgehead atoms. The third-order valence-electron chi connectivity index (χ3n) is 6.37. The second kappa shape index (κ2) is 11.2. The first-order valence-electron chi connectivity index (χ1n) is 11.6. The second-order valence-electron chi connectivity index (χ2n) is 8.56. The van der Waals surface area contributed by atoms with Crippen LogP contribution in [0.1, 0.15) is 29.5 Å². The molecule has 2 atom stereocenters. The predicted octanol–water partition coefficient (Wildman–Crippen LogP) is 5.29. The second-order valence-corrected chi connectivity index (χ2v) is 9.00. The summed E-state index contributed by atoms with van der Waals surface area (Å²) < 4.78 is 11.2. The van der Waals surface area contributed by atoms with Crippen molar-refractivity contribution in [1.82, 2.24) is 4.90 Å². The van der Waals surface area contributed by atoms with E-state index in [9.17, 15) is 5.11 Å². The van der Waals surface area contributed by atoms with E-state index in [1.54, 1.807) is 0 Å². The van der Waals surface area contributed by atoms with Gasteiger partial charge in [0.15, 0.2) is 0 Å². The van der Waals surface area contributed by atoms with E-state index in [1.807, 2.05) is 73.7 Å². The third kappa shape index (κ3) is 5.96. The van der Waals surface area contributed by atoms with Crippen LogP contribution in [0.15, 0.2) is 78.9 Å². The number of nitrogens with zero attached hydrogens (tertiary/aromatic N) is 1. The Hall–Kier alpha value is -2.37. The van der Waals surface area contributed by atoms with Crippen LogP contribution >= 0.6 is 11.6 Å². The van der Waals surface area contributed by atoms with Crippen LogP contribution < -0.4 is 4.74 Å². The molecule has 0 aliphatic carbocycles. The zero-order valence-corrected chi connectivity index (χ0v) is 19.9. The largest absolute Gasteiger partial charge is 0.494 e. The molecule has 1 fully saturated rings. The van der Waals surface area contributed by atoms with Gasteiger partial charge in [0.2, 0.25) is 0 Å². The van der Waals surface area contributed by atoms with E-state index in [2.05, 4.69) is 17.0 Å². The standard InChI is InChI=1S/C28H32ClNO3/c1-2-33-26-14-10-24(11-15-26)28(31,20-22-6-4-3-5-7-22)27(21-30-16-18-32-19-17-30)23-8-12-25(29)13-9-23/h3-15,27,31H,2,16-21H2,1H3/t27-,28-/m0/s1. The molecular weight excluding hydrogens is 434 g/mol. The maximum atomic E-state index is 12.5. The number of ether oxygens (including phenoxy) is 2. The highest BCUT2D eigenvalue weighted by Crippen LogP contribution is 2.41. The van der Waals surface area contributed by atoms with Crippen molar-refractivity contribution in [3.63, 3.8) is 0 Å². The van der Waals surface area contributed by atoms with Gasteiger partial charge in [0.25, 0.3) is 0 Å². The normalized spacial score (nSPS) is 17.3. The molecule has 5 heteroatoms. The minimum absolute atomic E-state index is 0.161. The molecule has 3 aromatic carbocycles. The van der Waals surface area contributed by atoms with E-state index in [0.29, 0.717) is 31.3 Å². The van der Waals surface area contributed by atoms with Crippen molar-refractivity contribution in [2.75, 3.05) is 39.5 Å². The number of halogens is 1. The Balaban J connectivity index is 1.77. The summed E-state index contributed by atoms with van der Waals surface area (Å²) >= 11 is 6.21. The van der Waals surface area contributed by atoms with Gasteiger partial charge >= 0.3 is 0 Å². The first-order chi connectivity index (χ1) is 16.1. The monoisotopic (exact) mass is 465 g/mol. The lowest BCUT2D eigenvalue weighted by molar-refractivity contribution is -0.0223. The number of rotatable bonds is 9. The van der Waals surface area contributed by atoms with Gasteiger partial charge in [-0.05, 0) is 47.9 Å². The zero-order valence-electron chi connectivity index (χ0n) is 19.1. The third-order valence-corrected chi connectivity index (χ3v) is 6.63. The SMILES string of the molecule is CCOc1ccc([C@@](O)(Cc2ccccc2)[C@@H](CN2CCOCC2)c2ccc(Cl)cc2)cc1. The summed E-state index contributed by atoms with van der Waals surface area (Å²) in [7, 11) is 0. The quantitative estimate of drug-likeness (QED) is 0.466. The van der Waals surface area contributed by atoms with Gasteiger partial charge in [0.1, 0.15) is 11.4 Å². The Labute approximate surface area is 201 Å². The molecule has 0 amide bonds. The van der Waals surface area contributed by atoms with Crippen molar-refractivity contribution in [2.24, 2.45) is 0 Å². The first-order valence-corrected chi connectivity index (χ1v) is 12.0. The lowest BCUT2D eigenvalue weighted by Crippen LogP contribution is -2.45. The molecule has 4 nitrogen and oxygen atoms in total. The molecule has 3 aromatic rings. The number of hydrogen-bond donors (Lipinski definition) is 1.